The Balaban J connectivity index is 0.000000199. The fourth-order valence-corrected chi connectivity index (χ4v) is 16.3. The maximum Gasteiger partial charge on any atom is 0.439 e. The van der Waals surface area contributed by atoms with Crippen molar-refractivity contribution in [3.05, 3.63) is 158 Å². The lowest BCUT2D eigenvalue weighted by molar-refractivity contribution is -0.188. The number of carboxylic acid groups (broad SMARTS) is 1. The van der Waals surface area contributed by atoms with Gasteiger partial charge in [0.05, 0.1) is 26.4 Å². The van der Waals surface area contributed by atoms with Crippen LogP contribution in [0.4, 0.5) is 22.7 Å². The molecule has 14 rings (SSSR count). The van der Waals surface area contributed by atoms with Gasteiger partial charge in [-0.1, -0.05) is 32.9 Å². The van der Waals surface area contributed by atoms with Gasteiger partial charge in [-0.2, -0.15) is 0 Å². The van der Waals surface area contributed by atoms with Gasteiger partial charge in [-0.15, -0.1) is 0 Å². The van der Waals surface area contributed by atoms with Crippen LogP contribution >= 0.6 is 22.6 Å². The van der Waals surface area contributed by atoms with E-state index in [0.29, 0.717) is 91.1 Å². The number of morpholine rings is 4. The number of aliphatic carboxylic acids is 1. The summed E-state index contributed by atoms with van der Waals surface area (Å²) in [6, 6.07) is 34.9. The smallest absolute Gasteiger partial charge is 0.439 e. The number of piperazine rings is 4. The molecule has 0 radical (unpaired) electrons. The predicted octanol–water partition coefficient (Wildman–Crippen LogP) is 4.47. The molecule has 8 aliphatic rings. The van der Waals surface area contributed by atoms with Gasteiger partial charge in [0.2, 0.25) is 12.2 Å². The lowest BCUT2D eigenvalue weighted by Crippen LogP contribution is -2.56. The van der Waals surface area contributed by atoms with Gasteiger partial charge in [-0.25, -0.2) is 24.0 Å². The van der Waals surface area contributed by atoms with E-state index in [4.69, 9.17) is 48.4 Å². The first-order valence-corrected chi connectivity index (χ1v) is 49.1. The molecular weight excluding hydrogens is 1990 g/mol. The number of ether oxygens (including phenoxy) is 9. The predicted molar refractivity (Wildman–Crippen MR) is 535 cm³/mol. The number of aliphatic hydroxyl groups is 2. The topological polar surface area (TPSA) is 515 Å². The van der Waals surface area contributed by atoms with Crippen LogP contribution in [-0.4, -0.2) is 397 Å². The number of benzene rings is 5. The second kappa shape index (κ2) is 54.1. The van der Waals surface area contributed by atoms with Crippen LogP contribution in [0.1, 0.15) is 145 Å². The molecule has 6 aromatic rings. The second-order valence-corrected chi connectivity index (χ2v) is 38.7. The Morgan fingerprint density at radius 1 is 0.410 bits per heavy atom. The zero-order valence-electron chi connectivity index (χ0n) is 84.3. The van der Waals surface area contributed by atoms with E-state index >= 15 is 0 Å². The van der Waals surface area contributed by atoms with Crippen LogP contribution in [0.25, 0.3) is 11.4 Å². The number of hydrogen-bond donors (Lipinski definition) is 6. The van der Waals surface area contributed by atoms with Crippen LogP contribution in [0.3, 0.4) is 0 Å². The highest BCUT2D eigenvalue weighted by Gasteiger charge is 2.47. The van der Waals surface area contributed by atoms with Crippen molar-refractivity contribution in [1.82, 2.24) is 54.7 Å². The zero-order valence-corrected chi connectivity index (χ0v) is 86.5. The van der Waals surface area contributed by atoms with E-state index in [-0.39, 0.29) is 69.7 Å². The lowest BCUT2D eigenvalue weighted by atomic mass is 10.1. The Hall–Kier alpha value is -12.3. The highest BCUT2D eigenvalue weighted by molar-refractivity contribution is 14.1. The van der Waals surface area contributed by atoms with Crippen LogP contribution < -0.4 is 31.5 Å². The number of nitrogens with one attached hydrogen (secondary N) is 2. The van der Waals surface area contributed by atoms with Crippen molar-refractivity contribution in [2.45, 2.75) is 169 Å². The first kappa shape index (κ1) is 115. The standard InChI is InChI=1S/C25H35N3O7.C23H33N3O6.C21H27N3O7.C13H17IN2O.C10H17NO5.C8H7N3O2/c1-6-26-11-13-27(14-12-26)22(30)18-7-9-19(10-8-18)28-15-16-33-20(23(28)31)21(34-17(2)29)24(32)35-25(3,4)5;1-5-24-10-12-25(13-11-24)20(28)16-6-8-17(9-7-16)26-14-15-31-19(21(26)29)18(27)22(30)32-23(2,3)4;1-3-22-8-10-23(11-9-22)19(26)15-4-6-16(7-5-15)24-12-13-30-17(20(24)27)18(21(28)29)31-14(2)25;1-2-15-7-9-16(10-8-15)13(17)11-3-5-12(14)6-4-11;1-10(2,3)16-9(14)6(12)7-8(13)11-4-5-15-7;9-6-3-1-5(2-4-6)7-10-8(12)13-11-7/h7-10,20-21H,6,11-16H2,1-5H3;6-9,18-19,27H,5,10-15H2,1-4H3;4-7,17-18H,3,8-13H2,1-2H3,(H,28,29);3-6H,2,7-10H2,1H3;6-7,12H,4-5H2,1-3H3,(H,11,13);1-4H,9H2,(H,10,11,12)/t20-,21-;18-,19-;17-,18-;;6-,7-;/m111.1./s1. The van der Waals surface area contributed by atoms with Crippen molar-refractivity contribution < 1.29 is 130 Å². The third-order valence-corrected chi connectivity index (χ3v) is 24.4. The number of nitrogens with zero attached hydrogens (tertiary/aromatic N) is 12. The maximum atomic E-state index is 13.3. The van der Waals surface area contributed by atoms with Crippen molar-refractivity contribution >= 4 is 128 Å². The van der Waals surface area contributed by atoms with Gasteiger partial charge in [-0.3, -0.25) is 57.5 Å². The number of aromatic amines is 1. The summed E-state index contributed by atoms with van der Waals surface area (Å²) in [4.78, 5) is 206. The number of likely N-dealkylation sites (N-methyl/N-ethyl adjacent to an activating group) is 4. The number of anilines is 4. The monoisotopic (exact) mass is 2120 g/mol. The number of hydrogen-bond acceptors (Lipinski definition) is 33. The first-order chi connectivity index (χ1) is 68.2. The molecule has 7 N–H and O–H groups in total. The molecule has 0 spiro atoms. The third kappa shape index (κ3) is 34.2. The minimum atomic E-state index is -1.73. The fraction of sp³-hybridized carbons (Fsp3) is 0.540. The zero-order chi connectivity index (χ0) is 106. The number of aromatic nitrogens is 2. The summed E-state index contributed by atoms with van der Waals surface area (Å²) in [5.41, 5.74) is 8.66. The average molecular weight is 2120 g/mol. The van der Waals surface area contributed by atoms with Crippen molar-refractivity contribution in [2.75, 3.05) is 204 Å². The molecular formula is C100H136IN15O28. The molecule has 1 aromatic heterocycles. The SMILES string of the molecule is CC(C)(C)OC(=O)[C@H](O)[C@H]1OCCNC1=O.CCN1CCN(C(=O)c2ccc(I)cc2)CC1.CCN1CCN(C(=O)c2ccc(N3CCO[C@H]([C@@H](O)C(=O)OC(C)(C)C)C3=O)cc2)CC1.CCN1CCN(C(=O)c2ccc(N3CCO[C@H]([C@@H](OC(C)=O)C(=O)O)C3=O)cc2)CC1.CCN1CCN(C(=O)c2ccc(N3CCO[C@H]([C@@H](OC(C)=O)C(=O)OC(C)(C)C)C3=O)cc2)CC1.Nc1ccc(-c2noc(=O)[nH]2)cc1. The summed E-state index contributed by atoms with van der Waals surface area (Å²) in [6.07, 6.45) is -11.8. The largest absolute Gasteiger partial charge is 0.478 e. The van der Waals surface area contributed by atoms with Crippen molar-refractivity contribution in [1.29, 1.82) is 0 Å². The maximum absolute atomic E-state index is 13.3. The molecule has 8 fully saturated rings. The minimum Gasteiger partial charge on any atom is -0.478 e. The number of nitrogens with two attached hydrogens (primary N) is 1. The number of rotatable bonds is 22. The lowest BCUT2D eigenvalue weighted by Gasteiger charge is -2.36. The second-order valence-electron chi connectivity index (χ2n) is 37.4. The molecule has 0 unspecified atom stereocenters. The van der Waals surface area contributed by atoms with E-state index in [1.54, 1.807) is 159 Å². The highest BCUT2D eigenvalue weighted by atomic mass is 127. The summed E-state index contributed by atoms with van der Waals surface area (Å²) in [6.45, 7) is 44.5. The Bertz CT molecular complexity index is 5370. The number of carbonyl (C=O) groups excluding carboxylic acids is 13. The van der Waals surface area contributed by atoms with Gasteiger partial charge in [0.15, 0.2) is 42.4 Å². The number of aliphatic hydroxyl groups excluding tert-OH is 2. The third-order valence-electron chi connectivity index (χ3n) is 23.6. The van der Waals surface area contributed by atoms with E-state index in [1.807, 2.05) is 43.9 Å². The van der Waals surface area contributed by atoms with Crippen LogP contribution in [0.15, 0.2) is 131 Å². The summed E-state index contributed by atoms with van der Waals surface area (Å²) < 4.78 is 52.2. The first-order valence-electron chi connectivity index (χ1n) is 48.0. The van der Waals surface area contributed by atoms with Crippen molar-refractivity contribution in [3.8, 4) is 11.4 Å². The molecule has 5 aromatic carbocycles. The van der Waals surface area contributed by atoms with E-state index < -0.39 is 131 Å². The van der Waals surface area contributed by atoms with E-state index in [9.17, 15) is 87.2 Å². The van der Waals surface area contributed by atoms with Crippen molar-refractivity contribution in [3.63, 3.8) is 0 Å². The summed E-state index contributed by atoms with van der Waals surface area (Å²) in [5, 5.41) is 35.3. The number of nitrogen functional groups attached to an aromatic ring is 1. The Morgan fingerprint density at radius 2 is 0.708 bits per heavy atom. The quantitative estimate of drug-likeness (QED) is 0.0236. The summed E-state index contributed by atoms with van der Waals surface area (Å²) in [5.74, 6) is -7.89. The average Bonchev–Trinajstić information content (AvgIpc) is 1.51. The molecule has 43 nitrogen and oxygen atoms in total. The molecule has 0 bridgehead atoms. The highest BCUT2D eigenvalue weighted by Crippen LogP contribution is 2.30. The molecule has 0 saturated carbocycles. The Labute approximate surface area is 850 Å². The van der Waals surface area contributed by atoms with Crippen LogP contribution in [0, 0.1) is 3.57 Å². The number of amides is 8. The number of esters is 5. The number of carboxylic acids is 1. The Kier molecular flexibility index (Phi) is 43.3. The van der Waals surface area contributed by atoms with Gasteiger partial charge < -0.3 is 123 Å². The van der Waals surface area contributed by atoms with Gasteiger partial charge in [-0.05, 0) is 232 Å². The normalized spacial score (nSPS) is 19.8. The number of halogens is 1. The molecule has 8 saturated heterocycles. The molecule has 144 heavy (non-hydrogen) atoms. The molecule has 786 valence electrons. The molecule has 0 aliphatic carbocycles. The molecule has 8 atom stereocenters. The van der Waals surface area contributed by atoms with Gasteiger partial charge in [0.1, 0.15) is 16.8 Å². The molecule has 9 heterocycles. The fourth-order valence-electron chi connectivity index (χ4n) is 15.9. The minimum absolute atomic E-state index is 0.0289. The summed E-state index contributed by atoms with van der Waals surface area (Å²) in [7, 11) is 0. The Morgan fingerprint density at radius 3 is 1.01 bits per heavy atom. The van der Waals surface area contributed by atoms with Crippen molar-refractivity contribution in [2.24, 2.45) is 0 Å². The molecule has 8 amide bonds. The van der Waals surface area contributed by atoms with Gasteiger partial charge >= 0.3 is 41.6 Å². The summed E-state index contributed by atoms with van der Waals surface area (Å²) >= 11 is 2.25. The number of carbonyl (C=O) groups is 14. The van der Waals surface area contributed by atoms with Crippen LogP contribution in [0.2, 0.25) is 0 Å². The van der Waals surface area contributed by atoms with Gasteiger partial charge in [0, 0.05) is 199 Å². The van der Waals surface area contributed by atoms with E-state index in [0.717, 1.165) is 120 Å². The van der Waals surface area contributed by atoms with Crippen LogP contribution in [0.5, 0.6) is 0 Å². The molecule has 8 aliphatic heterocycles. The molecule has 44 heteroatoms. The van der Waals surface area contributed by atoms with Crippen LogP contribution in [-0.2, 0) is 90.6 Å². The number of H-pyrrole nitrogens is 1. The van der Waals surface area contributed by atoms with E-state index in [1.165, 1.54) is 14.7 Å². The van der Waals surface area contributed by atoms with Gasteiger partial charge in [0.25, 0.3) is 47.3 Å². The van der Waals surface area contributed by atoms with E-state index in [2.05, 4.69) is 89.9 Å².